The summed E-state index contributed by atoms with van der Waals surface area (Å²) in [6.45, 7) is 6.66. The van der Waals surface area contributed by atoms with E-state index in [1.54, 1.807) is 0 Å². The van der Waals surface area contributed by atoms with Crippen LogP contribution in [0.2, 0.25) is 0 Å². The number of aliphatic carboxylic acids is 2. The van der Waals surface area contributed by atoms with Crippen LogP contribution in [-0.2, 0) is 9.59 Å². The molecule has 0 aliphatic heterocycles. The van der Waals surface area contributed by atoms with Crippen molar-refractivity contribution in [3.8, 4) is 0 Å². The predicted molar refractivity (Wildman–Crippen MR) is 55.1 cm³/mol. The van der Waals surface area contributed by atoms with E-state index in [0.717, 1.165) is 19.6 Å². The van der Waals surface area contributed by atoms with Gasteiger partial charge in [-0.25, -0.2) is 0 Å². The Kier molecular flexibility index (Phi) is 19.0. The van der Waals surface area contributed by atoms with Crippen molar-refractivity contribution in [2.24, 2.45) is 5.92 Å². The van der Waals surface area contributed by atoms with Gasteiger partial charge in [0.05, 0.1) is 0 Å². The van der Waals surface area contributed by atoms with Gasteiger partial charge in [0.1, 0.15) is 0 Å². The summed E-state index contributed by atoms with van der Waals surface area (Å²) in [5, 5.41) is 20.9. The van der Waals surface area contributed by atoms with Crippen LogP contribution in [0.3, 0.4) is 0 Å². The van der Waals surface area contributed by atoms with E-state index in [1.807, 2.05) is 13.8 Å². The monoisotopic (exact) mass is 275 g/mol. The molecule has 18 heavy (non-hydrogen) atoms. The Morgan fingerprint density at radius 3 is 1.94 bits per heavy atom. The van der Waals surface area contributed by atoms with E-state index in [4.69, 9.17) is 0 Å². The minimum absolute atomic E-state index is 0. The van der Waals surface area contributed by atoms with E-state index in [9.17, 15) is 19.8 Å². The molecular weight excluding hydrogens is 256 g/mol. The van der Waals surface area contributed by atoms with Crippen LogP contribution in [0.1, 0.15) is 33.1 Å². The van der Waals surface area contributed by atoms with Crippen LogP contribution in [0, 0.1) is 5.92 Å². The maximum atomic E-state index is 10.6. The molecule has 0 N–H and O–H groups in total. The van der Waals surface area contributed by atoms with Gasteiger partial charge in [0.25, 0.3) is 0 Å². The van der Waals surface area contributed by atoms with Crippen LogP contribution in [0.15, 0.2) is 0 Å². The number of carbonyl (C=O) groups excluding carboxylic acids is 2. The number of hydrogen-bond donors (Lipinski definition) is 0. The van der Waals surface area contributed by atoms with Crippen molar-refractivity contribution < 1.29 is 78.9 Å². The molecule has 0 amide bonds. The van der Waals surface area contributed by atoms with Gasteiger partial charge in [-0.3, -0.25) is 0 Å². The van der Waals surface area contributed by atoms with Crippen molar-refractivity contribution >= 4 is 11.9 Å². The zero-order valence-corrected chi connectivity index (χ0v) is 15.9. The minimum atomic E-state index is -1.34. The molecule has 0 aromatic heterocycles. The summed E-state index contributed by atoms with van der Waals surface area (Å²) >= 11 is 0. The second-order valence-corrected chi connectivity index (χ2v) is 3.76. The molecule has 1 unspecified atom stereocenters. The first-order valence-corrected chi connectivity index (χ1v) is 5.64. The van der Waals surface area contributed by atoms with Crippen LogP contribution in [0.25, 0.3) is 0 Å². The van der Waals surface area contributed by atoms with Gasteiger partial charge in [0.15, 0.2) is 0 Å². The van der Waals surface area contributed by atoms with Gasteiger partial charge in [-0.2, -0.15) is 0 Å². The average Bonchev–Trinajstić information content (AvgIpc) is 2.22. The summed E-state index contributed by atoms with van der Waals surface area (Å²) in [5.74, 6) is -3.57. The van der Waals surface area contributed by atoms with E-state index < -0.39 is 24.3 Å². The Bertz CT molecular complexity index is 235. The summed E-state index contributed by atoms with van der Waals surface area (Å²) in [5.41, 5.74) is 0. The Morgan fingerprint density at radius 1 is 1.11 bits per heavy atom. The molecule has 0 aromatic carbocycles. The number of nitrogens with zero attached hydrogens (tertiary/aromatic N) is 1. The predicted octanol–water partition coefficient (Wildman–Crippen LogP) is -7.38. The van der Waals surface area contributed by atoms with Gasteiger partial charge < -0.3 is 24.7 Å². The molecule has 7 heteroatoms. The largest absolute Gasteiger partial charge is 1.00 e. The zero-order valence-electron chi connectivity index (χ0n) is 11.9. The molecule has 0 radical (unpaired) electrons. The van der Waals surface area contributed by atoms with Crippen molar-refractivity contribution in [2.45, 2.75) is 33.1 Å². The number of carboxylic acids is 2. The Balaban J connectivity index is -0.00000112. The van der Waals surface area contributed by atoms with E-state index in [1.165, 1.54) is 0 Å². The normalized spacial score (nSPS) is 11.3. The summed E-state index contributed by atoms with van der Waals surface area (Å²) in [6, 6.07) is 0. The summed E-state index contributed by atoms with van der Waals surface area (Å²) in [6.07, 6.45) is 0.529. The average molecular weight is 275 g/mol. The van der Waals surface area contributed by atoms with E-state index in [2.05, 4.69) is 4.90 Å². The van der Waals surface area contributed by atoms with Crippen LogP contribution in [0.5, 0.6) is 0 Å². The van der Waals surface area contributed by atoms with Gasteiger partial charge >= 0.3 is 59.1 Å². The number of rotatable bonds is 9. The van der Waals surface area contributed by atoms with Crippen LogP contribution >= 0.6 is 0 Å². The van der Waals surface area contributed by atoms with Crippen molar-refractivity contribution in [1.29, 1.82) is 0 Å². The van der Waals surface area contributed by atoms with E-state index in [-0.39, 0.29) is 59.1 Å². The Hall–Kier alpha value is 0.900. The first-order valence-electron chi connectivity index (χ1n) is 5.64. The third kappa shape index (κ3) is 12.0. The molecule has 1 atom stereocenters. The second-order valence-electron chi connectivity index (χ2n) is 3.76. The van der Waals surface area contributed by atoms with Crippen molar-refractivity contribution in [2.75, 3.05) is 19.6 Å². The van der Waals surface area contributed by atoms with E-state index in [0.29, 0.717) is 12.8 Å². The number of hydrogen-bond acceptors (Lipinski definition) is 5. The fourth-order valence-electron chi connectivity index (χ4n) is 1.61. The first kappa shape index (κ1) is 24.0. The van der Waals surface area contributed by atoms with Crippen LogP contribution in [0.4, 0.5) is 0 Å². The summed E-state index contributed by atoms with van der Waals surface area (Å²) in [4.78, 5) is 23.1. The molecule has 0 aliphatic rings. The quantitative estimate of drug-likeness (QED) is 0.390. The number of carbonyl (C=O) groups is 2. The van der Waals surface area contributed by atoms with Gasteiger partial charge in [0.2, 0.25) is 0 Å². The molecule has 0 aliphatic carbocycles. The minimum Gasteiger partial charge on any atom is -0.550 e. The summed E-state index contributed by atoms with van der Waals surface area (Å²) < 4.78 is 0. The summed E-state index contributed by atoms with van der Waals surface area (Å²) in [7, 11) is 0. The van der Waals surface area contributed by atoms with Crippen molar-refractivity contribution in [3.05, 3.63) is 0 Å². The van der Waals surface area contributed by atoms with Crippen molar-refractivity contribution in [1.82, 2.24) is 4.90 Å². The maximum absolute atomic E-state index is 10.6. The number of carboxylic acid groups (broad SMARTS) is 2. The van der Waals surface area contributed by atoms with Crippen LogP contribution in [-0.4, -0.2) is 36.5 Å². The molecule has 0 saturated carbocycles. The van der Waals surface area contributed by atoms with Gasteiger partial charge in [-0.05, 0) is 38.9 Å². The van der Waals surface area contributed by atoms with Gasteiger partial charge in [0, 0.05) is 17.9 Å². The van der Waals surface area contributed by atoms with Crippen LogP contribution < -0.4 is 69.3 Å². The van der Waals surface area contributed by atoms with E-state index >= 15 is 0 Å². The maximum Gasteiger partial charge on any atom is 1.00 e. The smallest absolute Gasteiger partial charge is 0.550 e. The second kappa shape index (κ2) is 14.3. The van der Waals surface area contributed by atoms with Gasteiger partial charge in [-0.1, -0.05) is 13.8 Å². The first-order chi connectivity index (χ1) is 7.51. The Morgan fingerprint density at radius 2 is 1.61 bits per heavy atom. The SMILES string of the molecule is CCN(CC)CCCC(CC(=O)[O-])C(=O)[O-].[Na+].[Na+]. The van der Waals surface area contributed by atoms with Crippen molar-refractivity contribution in [3.63, 3.8) is 0 Å². The third-order valence-corrected chi connectivity index (χ3v) is 2.67. The molecule has 0 fully saturated rings. The molecule has 0 rings (SSSR count). The molecule has 0 heterocycles. The third-order valence-electron chi connectivity index (χ3n) is 2.67. The molecule has 0 aromatic rings. The molecule has 0 saturated heterocycles. The fourth-order valence-corrected chi connectivity index (χ4v) is 1.61. The topological polar surface area (TPSA) is 83.5 Å². The standard InChI is InChI=1S/C11H21NO4.2Na/c1-3-12(4-2)7-5-6-9(11(15)16)8-10(13)14;;/h9H,3-8H2,1-2H3,(H,13,14)(H,15,16);;/q;2*+1/p-2. The Labute approximate surface area is 153 Å². The fraction of sp³-hybridized carbons (Fsp3) is 0.818. The molecular formula is C11H19NNa2O4. The molecule has 0 bridgehead atoms. The molecule has 0 spiro atoms. The zero-order chi connectivity index (χ0) is 12.6. The molecule has 5 nitrogen and oxygen atoms in total. The molecule has 94 valence electrons. The van der Waals surface area contributed by atoms with Gasteiger partial charge in [-0.15, -0.1) is 0 Å².